The lowest BCUT2D eigenvalue weighted by Gasteiger charge is -2.15. The monoisotopic (exact) mass is 497 g/mol. The number of methoxy groups -OCH3 is 2. The summed E-state index contributed by atoms with van der Waals surface area (Å²) in [6, 6.07) is 11.1. The predicted molar refractivity (Wildman–Crippen MR) is 132 cm³/mol. The number of carbonyl (C=O) groups excluding carboxylic acids is 1. The van der Waals surface area contributed by atoms with Gasteiger partial charge in [0, 0.05) is 28.9 Å². The molecule has 1 aromatic heterocycles. The first kappa shape index (κ1) is 23.5. The third-order valence-corrected chi connectivity index (χ3v) is 5.85. The molecular formula is C25H18Cl2FN3O3. The largest absolute Gasteiger partial charge is 0.495 e. The Kier molecular flexibility index (Phi) is 6.68. The number of amides is 1. The van der Waals surface area contributed by atoms with Crippen LogP contribution in [0.3, 0.4) is 0 Å². The highest BCUT2D eigenvalue weighted by atomic mass is 35.5. The van der Waals surface area contributed by atoms with E-state index in [2.05, 4.69) is 21.9 Å². The number of ether oxygens (including phenoxy) is 2. The van der Waals surface area contributed by atoms with E-state index in [-0.39, 0.29) is 11.4 Å². The molecule has 4 aromatic rings. The average Bonchev–Trinajstić information content (AvgIpc) is 2.85. The van der Waals surface area contributed by atoms with Gasteiger partial charge in [-0.3, -0.25) is 4.79 Å². The van der Waals surface area contributed by atoms with E-state index >= 15 is 0 Å². The smallest absolute Gasteiger partial charge is 0.247 e. The van der Waals surface area contributed by atoms with Gasteiger partial charge < -0.3 is 14.8 Å². The summed E-state index contributed by atoms with van der Waals surface area (Å²) in [4.78, 5) is 20.4. The van der Waals surface area contributed by atoms with Gasteiger partial charge in [0.15, 0.2) is 5.82 Å². The lowest BCUT2D eigenvalue weighted by atomic mass is 10.0. The van der Waals surface area contributed by atoms with E-state index in [1.165, 1.54) is 32.4 Å². The van der Waals surface area contributed by atoms with E-state index in [4.69, 9.17) is 32.7 Å². The average molecular weight is 498 g/mol. The summed E-state index contributed by atoms with van der Waals surface area (Å²) in [7, 11) is 3.01. The number of benzene rings is 3. The van der Waals surface area contributed by atoms with Crippen molar-refractivity contribution in [3.8, 4) is 34.0 Å². The second-order valence-corrected chi connectivity index (χ2v) is 7.90. The van der Waals surface area contributed by atoms with Crippen molar-refractivity contribution in [2.75, 3.05) is 19.5 Å². The predicted octanol–water partition coefficient (Wildman–Crippen LogP) is 6.55. The molecule has 1 N–H and O–H groups in total. The fraction of sp³-hybridized carbons (Fsp3) is 0.0800. The molecule has 172 valence electrons. The van der Waals surface area contributed by atoms with E-state index in [1.54, 1.807) is 24.4 Å². The molecular weight excluding hydrogens is 480 g/mol. The van der Waals surface area contributed by atoms with E-state index in [1.807, 2.05) is 6.07 Å². The molecule has 9 heteroatoms. The number of hydrogen-bond acceptors (Lipinski definition) is 5. The Balaban J connectivity index is 1.79. The van der Waals surface area contributed by atoms with Gasteiger partial charge in [0.25, 0.3) is 0 Å². The van der Waals surface area contributed by atoms with Crippen LogP contribution in [0.25, 0.3) is 33.4 Å². The van der Waals surface area contributed by atoms with Crippen LogP contribution in [0, 0.1) is 5.82 Å². The zero-order valence-electron chi connectivity index (χ0n) is 18.2. The number of nitrogens with one attached hydrogen (secondary N) is 1. The lowest BCUT2D eigenvalue weighted by Crippen LogP contribution is -2.07. The number of anilines is 1. The van der Waals surface area contributed by atoms with Gasteiger partial charge in [-0.1, -0.05) is 35.8 Å². The number of nitrogens with zero attached hydrogens (tertiary/aromatic N) is 2. The Hall–Kier alpha value is -3.68. The van der Waals surface area contributed by atoms with Crippen LogP contribution in [0.1, 0.15) is 0 Å². The fourth-order valence-electron chi connectivity index (χ4n) is 3.43. The first-order valence-corrected chi connectivity index (χ1v) is 10.7. The second kappa shape index (κ2) is 9.67. The van der Waals surface area contributed by atoms with E-state index in [9.17, 15) is 9.18 Å². The number of carbonyl (C=O) groups is 1. The van der Waals surface area contributed by atoms with Gasteiger partial charge in [-0.05, 0) is 42.0 Å². The van der Waals surface area contributed by atoms with E-state index in [0.29, 0.717) is 49.3 Å². The number of rotatable bonds is 6. The van der Waals surface area contributed by atoms with Crippen molar-refractivity contribution in [3.63, 3.8) is 0 Å². The topological polar surface area (TPSA) is 73.3 Å². The van der Waals surface area contributed by atoms with Crippen LogP contribution >= 0.6 is 23.2 Å². The van der Waals surface area contributed by atoms with E-state index in [0.717, 1.165) is 6.08 Å². The molecule has 0 saturated carbocycles. The number of halogens is 3. The molecule has 0 aliphatic carbocycles. The summed E-state index contributed by atoms with van der Waals surface area (Å²) in [5.74, 6) is 0.0872. The maximum absolute atomic E-state index is 14.5. The SMILES string of the molecule is C=CC(=O)Nc1ccc(F)c(-c2ncc3cc(-c4c(Cl)c(OC)cc(OC)c4Cl)ccc3n2)c1. The summed E-state index contributed by atoms with van der Waals surface area (Å²) in [6.45, 7) is 3.41. The van der Waals surface area contributed by atoms with Gasteiger partial charge in [0.05, 0.1) is 35.3 Å². The Bertz CT molecular complexity index is 1410. The molecule has 0 radical (unpaired) electrons. The van der Waals surface area contributed by atoms with E-state index < -0.39 is 11.7 Å². The van der Waals surface area contributed by atoms with Crippen molar-refractivity contribution >= 4 is 45.7 Å². The number of hydrogen-bond donors (Lipinski definition) is 1. The van der Waals surface area contributed by atoms with Gasteiger partial charge in [-0.15, -0.1) is 0 Å². The van der Waals surface area contributed by atoms with Crippen molar-refractivity contribution < 1.29 is 18.7 Å². The van der Waals surface area contributed by atoms with Crippen molar-refractivity contribution in [1.82, 2.24) is 9.97 Å². The van der Waals surface area contributed by atoms with Crippen LogP contribution in [0.5, 0.6) is 11.5 Å². The zero-order chi connectivity index (χ0) is 24.4. The Labute approximate surface area is 205 Å². The minimum absolute atomic E-state index is 0.149. The molecule has 0 spiro atoms. The van der Waals surface area contributed by atoms with Crippen LogP contribution in [0.2, 0.25) is 10.0 Å². The van der Waals surface area contributed by atoms with Gasteiger partial charge in [-0.2, -0.15) is 0 Å². The number of aromatic nitrogens is 2. The molecule has 3 aromatic carbocycles. The first-order chi connectivity index (χ1) is 16.4. The summed E-state index contributed by atoms with van der Waals surface area (Å²) >= 11 is 13.1. The number of fused-ring (bicyclic) bond motifs is 1. The molecule has 0 saturated heterocycles. The molecule has 6 nitrogen and oxygen atoms in total. The van der Waals surface area contributed by atoms with Crippen molar-refractivity contribution in [1.29, 1.82) is 0 Å². The maximum atomic E-state index is 14.5. The quantitative estimate of drug-likeness (QED) is 0.305. The summed E-state index contributed by atoms with van der Waals surface area (Å²) in [6.07, 6.45) is 2.71. The molecule has 0 unspecified atom stereocenters. The highest BCUT2D eigenvalue weighted by molar-refractivity contribution is 6.41. The van der Waals surface area contributed by atoms with Gasteiger partial charge in [0.2, 0.25) is 5.91 Å². The molecule has 0 aliphatic heterocycles. The van der Waals surface area contributed by atoms with Crippen LogP contribution in [0.15, 0.2) is 61.3 Å². The molecule has 1 heterocycles. The van der Waals surface area contributed by atoms with Crippen molar-refractivity contribution in [2.45, 2.75) is 0 Å². The van der Waals surface area contributed by atoms with Crippen LogP contribution in [-0.2, 0) is 4.79 Å². The Morgan fingerprint density at radius 2 is 1.76 bits per heavy atom. The maximum Gasteiger partial charge on any atom is 0.247 e. The summed E-state index contributed by atoms with van der Waals surface area (Å²) in [5, 5.41) is 3.96. The normalized spacial score (nSPS) is 10.7. The highest BCUT2D eigenvalue weighted by Crippen LogP contribution is 2.46. The molecule has 0 fully saturated rings. The zero-order valence-corrected chi connectivity index (χ0v) is 19.7. The minimum atomic E-state index is -0.519. The van der Waals surface area contributed by atoms with Gasteiger partial charge >= 0.3 is 0 Å². The molecule has 4 rings (SSSR count). The standard InChI is InChI=1S/C25H18Cl2FN3O3/c1-4-21(32)30-15-6-7-17(28)16(10-15)25-29-12-14-9-13(5-8-18(14)31-25)22-23(26)19(33-2)11-20(34-3)24(22)27/h4-12H,1H2,2-3H3,(H,30,32). The van der Waals surface area contributed by atoms with Crippen molar-refractivity contribution in [2.24, 2.45) is 0 Å². The summed E-state index contributed by atoms with van der Waals surface area (Å²) in [5.41, 5.74) is 2.38. The molecule has 1 amide bonds. The minimum Gasteiger partial charge on any atom is -0.495 e. The molecule has 0 aliphatic rings. The van der Waals surface area contributed by atoms with Gasteiger partial charge in [0.1, 0.15) is 17.3 Å². The van der Waals surface area contributed by atoms with Crippen LogP contribution in [0.4, 0.5) is 10.1 Å². The third-order valence-electron chi connectivity index (χ3n) is 5.10. The molecule has 0 atom stereocenters. The van der Waals surface area contributed by atoms with Gasteiger partial charge in [-0.25, -0.2) is 14.4 Å². The fourth-order valence-corrected chi connectivity index (χ4v) is 4.14. The third kappa shape index (κ3) is 4.40. The van der Waals surface area contributed by atoms with Crippen molar-refractivity contribution in [3.05, 3.63) is 77.2 Å². The van der Waals surface area contributed by atoms with Crippen LogP contribution < -0.4 is 14.8 Å². The Morgan fingerprint density at radius 1 is 1.06 bits per heavy atom. The van der Waals surface area contributed by atoms with Crippen LogP contribution in [-0.4, -0.2) is 30.1 Å². The molecule has 0 bridgehead atoms. The first-order valence-electron chi connectivity index (χ1n) is 9.96. The Morgan fingerprint density at radius 3 is 2.41 bits per heavy atom. The second-order valence-electron chi connectivity index (χ2n) is 7.14. The highest BCUT2D eigenvalue weighted by Gasteiger charge is 2.19. The molecule has 34 heavy (non-hydrogen) atoms. The lowest BCUT2D eigenvalue weighted by molar-refractivity contribution is -0.111. The summed E-state index contributed by atoms with van der Waals surface area (Å²) < 4.78 is 25.2.